The summed E-state index contributed by atoms with van der Waals surface area (Å²) in [6, 6.07) is 9.06. The largest absolute Gasteiger partial charge is 0.325 e. The number of hydrogen-bond donors (Lipinski definition) is 1. The highest BCUT2D eigenvalue weighted by Crippen LogP contribution is 2.24. The van der Waals surface area contributed by atoms with Crippen molar-refractivity contribution in [2.24, 2.45) is 0 Å². The second-order valence-corrected chi connectivity index (χ2v) is 10.9. The Morgan fingerprint density at radius 2 is 2.03 bits per heavy atom. The molecule has 0 aliphatic rings. The van der Waals surface area contributed by atoms with Crippen LogP contribution in [0.4, 0.5) is 5.69 Å². The van der Waals surface area contributed by atoms with Crippen LogP contribution in [-0.4, -0.2) is 52.2 Å². The zero-order chi connectivity index (χ0) is 23.1. The third-order valence-corrected chi connectivity index (χ3v) is 9.00. The molecular weight excluding hydrogens is 466 g/mol. The fourth-order valence-corrected chi connectivity index (χ4v) is 6.33. The van der Waals surface area contributed by atoms with Gasteiger partial charge in [-0.3, -0.25) is 4.79 Å². The van der Waals surface area contributed by atoms with E-state index < -0.39 is 10.0 Å². The van der Waals surface area contributed by atoms with E-state index in [4.69, 9.17) is 0 Å². The quantitative estimate of drug-likeness (QED) is 0.410. The third-order valence-electron chi connectivity index (χ3n) is 4.89. The number of aromatic nitrogens is 3. The fourth-order valence-electron chi connectivity index (χ4n) is 3.18. The molecule has 3 rings (SSSR count). The van der Waals surface area contributed by atoms with Gasteiger partial charge in [-0.15, -0.1) is 21.5 Å². The first-order valence-corrected chi connectivity index (χ1v) is 13.6. The highest BCUT2D eigenvalue weighted by molar-refractivity contribution is 7.99. The number of aryl methyl sites for hydroxylation is 3. The van der Waals surface area contributed by atoms with E-state index in [-0.39, 0.29) is 16.6 Å². The third kappa shape index (κ3) is 5.97. The summed E-state index contributed by atoms with van der Waals surface area (Å²) in [7, 11) is -3.61. The lowest BCUT2D eigenvalue weighted by Crippen LogP contribution is -2.31. The van der Waals surface area contributed by atoms with Crippen molar-refractivity contribution in [1.29, 1.82) is 0 Å². The van der Waals surface area contributed by atoms with Crippen LogP contribution >= 0.6 is 23.1 Å². The van der Waals surface area contributed by atoms with Gasteiger partial charge in [0.2, 0.25) is 15.9 Å². The highest BCUT2D eigenvalue weighted by atomic mass is 32.2. The Hall–Kier alpha value is -2.21. The number of carbonyl (C=O) groups is 1. The van der Waals surface area contributed by atoms with Crippen LogP contribution in [0.25, 0.3) is 0 Å². The summed E-state index contributed by atoms with van der Waals surface area (Å²) in [6.45, 7) is 6.87. The summed E-state index contributed by atoms with van der Waals surface area (Å²) >= 11 is 3.00. The molecule has 0 radical (unpaired) electrons. The van der Waals surface area contributed by atoms with E-state index in [0.29, 0.717) is 29.5 Å². The van der Waals surface area contributed by atoms with Crippen LogP contribution in [0.5, 0.6) is 0 Å². The number of thioether (sulfide) groups is 1. The topological polar surface area (TPSA) is 97.2 Å². The second kappa shape index (κ2) is 11.1. The number of nitrogens with zero attached hydrogens (tertiary/aromatic N) is 4. The zero-order valence-corrected chi connectivity index (χ0v) is 20.8. The minimum Gasteiger partial charge on any atom is -0.325 e. The fraction of sp³-hybridized carbons (Fsp3) is 0.381. The van der Waals surface area contributed by atoms with Crippen LogP contribution in [0, 0.1) is 6.92 Å². The number of sulfonamides is 1. The Labute approximate surface area is 197 Å². The van der Waals surface area contributed by atoms with Crippen molar-refractivity contribution in [2.45, 2.75) is 43.8 Å². The minimum atomic E-state index is -3.61. The number of carbonyl (C=O) groups excluding carboxylic acids is 1. The first-order valence-electron chi connectivity index (χ1n) is 10.3. The molecule has 0 bridgehead atoms. The maximum atomic E-state index is 12.9. The molecule has 1 N–H and O–H groups in total. The van der Waals surface area contributed by atoms with E-state index in [9.17, 15) is 13.2 Å². The van der Waals surface area contributed by atoms with Crippen molar-refractivity contribution in [3.8, 4) is 0 Å². The van der Waals surface area contributed by atoms with Gasteiger partial charge < -0.3 is 9.88 Å². The van der Waals surface area contributed by atoms with Gasteiger partial charge >= 0.3 is 0 Å². The van der Waals surface area contributed by atoms with Crippen molar-refractivity contribution in [1.82, 2.24) is 19.1 Å². The summed E-state index contributed by atoms with van der Waals surface area (Å²) in [5, 5.41) is 13.6. The van der Waals surface area contributed by atoms with Crippen LogP contribution in [0.2, 0.25) is 0 Å². The summed E-state index contributed by atoms with van der Waals surface area (Å²) < 4.78 is 29.2. The second-order valence-electron chi connectivity index (χ2n) is 7.04. The molecular formula is C21H27N5O3S3. The molecule has 8 nitrogen and oxygen atoms in total. The lowest BCUT2D eigenvalue weighted by atomic mass is 10.2. The number of anilines is 1. The molecule has 0 unspecified atom stereocenters. The molecule has 0 atom stereocenters. The van der Waals surface area contributed by atoms with Crippen LogP contribution in [-0.2, 0) is 27.8 Å². The van der Waals surface area contributed by atoms with Crippen molar-refractivity contribution in [3.05, 3.63) is 52.5 Å². The van der Waals surface area contributed by atoms with Gasteiger partial charge in [-0.1, -0.05) is 37.7 Å². The predicted octanol–water partition coefficient (Wildman–Crippen LogP) is 3.65. The standard InChI is InChI=1S/C21H27N5O3S3/c1-4-26(5-2)32(28,29)19-13-17(9-8-16(19)3)23-20(27)14-31-21-24-22-15-25(21)11-10-18-7-6-12-30-18/h6-9,12-13,15H,4-5,10-11,14H2,1-3H3,(H,23,27). The molecule has 1 amide bonds. The molecule has 0 saturated heterocycles. The molecule has 11 heteroatoms. The van der Waals surface area contributed by atoms with E-state index in [1.807, 2.05) is 16.0 Å². The molecule has 0 spiro atoms. The van der Waals surface area contributed by atoms with Crippen molar-refractivity contribution in [3.63, 3.8) is 0 Å². The lowest BCUT2D eigenvalue weighted by Gasteiger charge is -2.20. The number of thiophene rings is 1. The number of rotatable bonds is 11. The van der Waals surface area contributed by atoms with Crippen LogP contribution in [0.1, 0.15) is 24.3 Å². The summed E-state index contributed by atoms with van der Waals surface area (Å²) in [5.74, 6) is -0.0955. The number of benzene rings is 1. The van der Waals surface area contributed by atoms with E-state index in [1.54, 1.807) is 50.6 Å². The number of amides is 1. The normalized spacial score (nSPS) is 11.8. The Bertz CT molecular complexity index is 1140. The average Bonchev–Trinajstić information content (AvgIpc) is 3.44. The van der Waals surface area contributed by atoms with Crippen molar-refractivity contribution < 1.29 is 13.2 Å². The Kier molecular flexibility index (Phi) is 8.46. The highest BCUT2D eigenvalue weighted by Gasteiger charge is 2.24. The lowest BCUT2D eigenvalue weighted by molar-refractivity contribution is -0.113. The molecule has 0 fully saturated rings. The average molecular weight is 494 g/mol. The van der Waals surface area contributed by atoms with Gasteiger partial charge in [0, 0.05) is 30.2 Å². The first kappa shape index (κ1) is 24.4. The van der Waals surface area contributed by atoms with E-state index in [1.165, 1.54) is 27.0 Å². The van der Waals surface area contributed by atoms with Gasteiger partial charge in [0.15, 0.2) is 5.16 Å². The maximum absolute atomic E-state index is 12.9. The van der Waals surface area contributed by atoms with Crippen molar-refractivity contribution >= 4 is 44.7 Å². The van der Waals surface area contributed by atoms with Gasteiger partial charge in [0.05, 0.1) is 10.6 Å². The van der Waals surface area contributed by atoms with E-state index in [2.05, 4.69) is 21.6 Å². The van der Waals surface area contributed by atoms with E-state index >= 15 is 0 Å². The summed E-state index contributed by atoms with van der Waals surface area (Å²) in [5.41, 5.74) is 1.09. The molecule has 172 valence electrons. The van der Waals surface area contributed by atoms with Gasteiger partial charge in [0.1, 0.15) is 6.33 Å². The molecule has 0 aliphatic heterocycles. The predicted molar refractivity (Wildman–Crippen MR) is 129 cm³/mol. The van der Waals surface area contributed by atoms with Crippen molar-refractivity contribution in [2.75, 3.05) is 24.2 Å². The smallest absolute Gasteiger partial charge is 0.243 e. The Balaban J connectivity index is 1.62. The summed E-state index contributed by atoms with van der Waals surface area (Å²) in [4.78, 5) is 14.0. The van der Waals surface area contributed by atoms with Crippen LogP contribution < -0.4 is 5.32 Å². The Morgan fingerprint density at radius 1 is 1.25 bits per heavy atom. The molecule has 1 aromatic carbocycles. The molecule has 3 aromatic rings. The number of hydrogen-bond acceptors (Lipinski definition) is 7. The first-order chi connectivity index (χ1) is 15.3. The summed E-state index contributed by atoms with van der Waals surface area (Å²) in [6.07, 6.45) is 2.54. The monoisotopic (exact) mass is 493 g/mol. The SMILES string of the molecule is CCN(CC)S(=O)(=O)c1cc(NC(=O)CSc2nncn2CCc2cccs2)ccc1C. The van der Waals surface area contributed by atoms with E-state index in [0.717, 1.165) is 13.0 Å². The Morgan fingerprint density at radius 3 is 2.72 bits per heavy atom. The molecule has 32 heavy (non-hydrogen) atoms. The van der Waals surface area contributed by atoms with Gasteiger partial charge in [-0.2, -0.15) is 4.31 Å². The molecule has 2 aromatic heterocycles. The van der Waals surface area contributed by atoms with Gasteiger partial charge in [-0.25, -0.2) is 8.42 Å². The molecule has 0 saturated carbocycles. The van der Waals surface area contributed by atoms with Gasteiger partial charge in [-0.05, 0) is 42.5 Å². The number of nitrogens with one attached hydrogen (secondary N) is 1. The van der Waals surface area contributed by atoms with Crippen LogP contribution in [0.3, 0.4) is 0 Å². The van der Waals surface area contributed by atoms with Gasteiger partial charge in [0.25, 0.3) is 0 Å². The molecule has 2 heterocycles. The maximum Gasteiger partial charge on any atom is 0.243 e. The van der Waals surface area contributed by atoms with Crippen LogP contribution in [0.15, 0.2) is 52.1 Å². The molecule has 0 aliphatic carbocycles. The minimum absolute atomic E-state index is 0.143. The zero-order valence-electron chi connectivity index (χ0n) is 18.3.